The van der Waals surface area contributed by atoms with Gasteiger partial charge >= 0.3 is 0 Å². The maximum atomic E-state index is 11.7. The lowest BCUT2D eigenvalue weighted by atomic mass is 9.99. The summed E-state index contributed by atoms with van der Waals surface area (Å²) in [5.41, 5.74) is 2.83. The minimum absolute atomic E-state index is 0.251. The van der Waals surface area contributed by atoms with E-state index in [1.165, 1.54) is 0 Å². The van der Waals surface area contributed by atoms with E-state index in [0.717, 1.165) is 71.2 Å². The van der Waals surface area contributed by atoms with Crippen molar-refractivity contribution in [1.82, 2.24) is 9.55 Å². The molecule has 0 N–H and O–H groups in total. The van der Waals surface area contributed by atoms with Crippen molar-refractivity contribution in [2.24, 2.45) is 5.92 Å². The summed E-state index contributed by atoms with van der Waals surface area (Å²) in [4.78, 5) is 16.2. The highest BCUT2D eigenvalue weighted by atomic mass is 35.5. The zero-order valence-electron chi connectivity index (χ0n) is 19.8. The van der Waals surface area contributed by atoms with Crippen LogP contribution in [0.3, 0.4) is 0 Å². The van der Waals surface area contributed by atoms with Gasteiger partial charge in [-0.3, -0.25) is 4.79 Å². The lowest BCUT2D eigenvalue weighted by Gasteiger charge is -2.10. The monoisotopic (exact) mass is 473 g/mol. The first-order valence-corrected chi connectivity index (χ1v) is 12.1. The maximum Gasteiger partial charge on any atom is 0.169 e. The van der Waals surface area contributed by atoms with Crippen LogP contribution in [0.25, 0.3) is 22.1 Å². The molecule has 0 radical (unpaired) electrons. The quantitative estimate of drug-likeness (QED) is 0.240. The number of imidazole rings is 1. The zero-order chi connectivity index (χ0) is 24.2. The fraction of sp³-hybridized carbons (Fsp3) is 0.321. The third kappa shape index (κ3) is 4.64. The van der Waals surface area contributed by atoms with Crippen LogP contribution < -0.4 is 0 Å². The third-order valence-corrected chi connectivity index (χ3v) is 6.27. The van der Waals surface area contributed by atoms with Crippen molar-refractivity contribution in [3.05, 3.63) is 76.0 Å². The number of unbranched alkanes of at least 4 members (excludes halogenated alkanes) is 1. The molecule has 0 atom stereocenters. The van der Waals surface area contributed by atoms with Crippen LogP contribution in [0.2, 0.25) is 5.15 Å². The van der Waals surface area contributed by atoms with Crippen molar-refractivity contribution >= 4 is 28.7 Å². The molecule has 4 rings (SSSR count). The molecule has 6 heteroatoms. The Hall–Kier alpha value is -3.36. The number of aryl methyl sites for hydroxylation is 1. The van der Waals surface area contributed by atoms with Gasteiger partial charge in [0.1, 0.15) is 23.0 Å². The van der Waals surface area contributed by atoms with Gasteiger partial charge in [0.25, 0.3) is 0 Å². The molecule has 2 aromatic heterocycles. The Morgan fingerprint density at radius 1 is 1.21 bits per heavy atom. The van der Waals surface area contributed by atoms with Crippen molar-refractivity contribution in [2.75, 3.05) is 0 Å². The van der Waals surface area contributed by atoms with E-state index in [2.05, 4.69) is 37.9 Å². The lowest BCUT2D eigenvalue weighted by molar-refractivity contribution is 0.111. The number of hydrogen-bond donors (Lipinski definition) is 0. The smallest absolute Gasteiger partial charge is 0.169 e. The first-order chi connectivity index (χ1) is 16.5. The van der Waals surface area contributed by atoms with Crippen LogP contribution in [-0.4, -0.2) is 15.8 Å². The van der Waals surface area contributed by atoms with Gasteiger partial charge in [-0.25, -0.2) is 4.98 Å². The first-order valence-electron chi connectivity index (χ1n) is 11.7. The number of benzene rings is 2. The number of halogens is 1. The van der Waals surface area contributed by atoms with Crippen molar-refractivity contribution in [1.29, 1.82) is 5.26 Å². The lowest BCUT2D eigenvalue weighted by Crippen LogP contribution is -2.08. The molecule has 0 bridgehead atoms. The Balaban J connectivity index is 1.82. The minimum Gasteiger partial charge on any atom is -0.460 e. The molecule has 2 aromatic carbocycles. The molecule has 0 aliphatic rings. The number of nitrogens with zero attached hydrogens (tertiary/aromatic N) is 3. The van der Waals surface area contributed by atoms with Crippen LogP contribution in [0.5, 0.6) is 0 Å². The van der Waals surface area contributed by atoms with Gasteiger partial charge in [0.15, 0.2) is 11.4 Å². The number of hydrogen-bond acceptors (Lipinski definition) is 4. The average Bonchev–Trinajstić information content (AvgIpc) is 3.33. The summed E-state index contributed by atoms with van der Waals surface area (Å²) in [6, 6.07) is 16.0. The number of aromatic nitrogens is 2. The van der Waals surface area contributed by atoms with Gasteiger partial charge in [-0.2, -0.15) is 5.26 Å². The highest BCUT2D eigenvalue weighted by Crippen LogP contribution is 2.37. The van der Waals surface area contributed by atoms with Crippen LogP contribution in [0.15, 0.2) is 46.9 Å². The molecule has 0 unspecified atom stereocenters. The summed E-state index contributed by atoms with van der Waals surface area (Å²) < 4.78 is 8.31. The molecule has 0 aliphatic carbocycles. The van der Waals surface area contributed by atoms with Gasteiger partial charge in [0, 0.05) is 35.7 Å². The second-order valence-electron chi connectivity index (χ2n) is 9.00. The Bertz CT molecular complexity index is 1370. The summed E-state index contributed by atoms with van der Waals surface area (Å²) in [5, 5.41) is 11.9. The van der Waals surface area contributed by atoms with Crippen LogP contribution in [0, 0.1) is 17.2 Å². The molecule has 34 heavy (non-hydrogen) atoms. The van der Waals surface area contributed by atoms with Crippen molar-refractivity contribution in [3.63, 3.8) is 0 Å². The van der Waals surface area contributed by atoms with E-state index in [0.29, 0.717) is 23.7 Å². The van der Waals surface area contributed by atoms with E-state index in [4.69, 9.17) is 16.0 Å². The molecule has 0 fully saturated rings. The summed E-state index contributed by atoms with van der Waals surface area (Å²) >= 11 is 6.27. The fourth-order valence-electron chi connectivity index (χ4n) is 4.33. The van der Waals surface area contributed by atoms with Gasteiger partial charge < -0.3 is 8.98 Å². The van der Waals surface area contributed by atoms with Gasteiger partial charge in [0.2, 0.25) is 0 Å². The number of carbonyl (C=O) groups excluding carboxylic acids is 1. The Morgan fingerprint density at radius 2 is 2.00 bits per heavy atom. The predicted molar refractivity (Wildman–Crippen MR) is 135 cm³/mol. The van der Waals surface area contributed by atoms with Crippen molar-refractivity contribution < 1.29 is 9.21 Å². The average molecular weight is 474 g/mol. The number of carbonyl (C=O) groups is 1. The van der Waals surface area contributed by atoms with Crippen LogP contribution in [0.1, 0.15) is 66.8 Å². The first kappa shape index (κ1) is 23.8. The number of nitriles is 1. The van der Waals surface area contributed by atoms with Crippen molar-refractivity contribution in [2.45, 2.75) is 53.0 Å². The van der Waals surface area contributed by atoms with Gasteiger partial charge in [-0.15, -0.1) is 0 Å². The molecule has 2 heterocycles. The van der Waals surface area contributed by atoms with Crippen LogP contribution in [-0.2, 0) is 19.4 Å². The largest absolute Gasteiger partial charge is 0.460 e. The number of rotatable bonds is 9. The normalized spacial score (nSPS) is 11.3. The Kier molecular flexibility index (Phi) is 7.19. The fourth-order valence-corrected chi connectivity index (χ4v) is 4.58. The second kappa shape index (κ2) is 10.3. The van der Waals surface area contributed by atoms with E-state index in [9.17, 15) is 10.1 Å². The van der Waals surface area contributed by atoms with Crippen LogP contribution >= 0.6 is 11.6 Å². The molecule has 5 nitrogen and oxygen atoms in total. The Labute approximate surface area is 205 Å². The summed E-state index contributed by atoms with van der Waals surface area (Å²) in [6.45, 7) is 6.94. The molecule has 0 aliphatic heterocycles. The third-order valence-electron chi connectivity index (χ3n) is 5.99. The summed E-state index contributed by atoms with van der Waals surface area (Å²) in [5.74, 6) is 2.86. The molecule has 0 spiro atoms. The molecule has 0 amide bonds. The predicted octanol–water partition coefficient (Wildman–Crippen LogP) is 7.22. The Morgan fingerprint density at radius 3 is 2.71 bits per heavy atom. The number of aldehydes is 1. The van der Waals surface area contributed by atoms with Gasteiger partial charge in [0.05, 0.1) is 11.6 Å². The zero-order valence-corrected chi connectivity index (χ0v) is 20.5. The van der Waals surface area contributed by atoms with E-state index in [1.54, 1.807) is 0 Å². The van der Waals surface area contributed by atoms with E-state index in [1.807, 2.05) is 41.0 Å². The van der Waals surface area contributed by atoms with Crippen molar-refractivity contribution in [3.8, 4) is 17.4 Å². The maximum absolute atomic E-state index is 11.7. The van der Waals surface area contributed by atoms with E-state index >= 15 is 0 Å². The molecule has 0 saturated heterocycles. The topological polar surface area (TPSA) is 71.8 Å². The highest BCUT2D eigenvalue weighted by Gasteiger charge is 2.20. The summed E-state index contributed by atoms with van der Waals surface area (Å²) in [6.07, 6.45) is 4.35. The molecular weight excluding hydrogens is 446 g/mol. The number of furan rings is 1. The van der Waals surface area contributed by atoms with Gasteiger partial charge in [-0.05, 0) is 36.1 Å². The highest BCUT2D eigenvalue weighted by molar-refractivity contribution is 6.31. The molecule has 174 valence electrons. The summed E-state index contributed by atoms with van der Waals surface area (Å²) in [7, 11) is 0. The molecule has 4 aromatic rings. The van der Waals surface area contributed by atoms with Gasteiger partial charge in [-0.1, -0.05) is 63.1 Å². The van der Waals surface area contributed by atoms with E-state index < -0.39 is 0 Å². The number of fused-ring (bicyclic) bond motifs is 1. The molecule has 0 saturated carbocycles. The van der Waals surface area contributed by atoms with E-state index in [-0.39, 0.29) is 5.15 Å². The molecular formula is C28H28ClN3O2. The standard InChI is InChI=1S/C28H28ClN3O2/c1-4-5-10-26-31-28(29)24(17-33)32(26)16-19-11-12-22-23(14-19)25(13-18(2)3)34-27(22)21-9-7-6-8-20(21)15-30/h6-9,11-12,14,17-18H,4-5,10,13,16H2,1-3H3. The SMILES string of the molecule is CCCCc1nc(Cl)c(C=O)n1Cc1ccc2c(-c3ccccc3C#N)oc(CC(C)C)c2c1. The minimum atomic E-state index is 0.251. The van der Waals surface area contributed by atoms with Crippen LogP contribution in [0.4, 0.5) is 0 Å². The second-order valence-corrected chi connectivity index (χ2v) is 9.36.